The summed E-state index contributed by atoms with van der Waals surface area (Å²) in [6.07, 6.45) is 5.04. The quantitative estimate of drug-likeness (QED) is 0.0798. The number of carbonyl (C=O) groups excluding carboxylic acids is 1. The molecule has 6 aliphatic carbocycles. The molecule has 0 amide bonds. The number of carbonyl (C=O) groups is 1. The summed E-state index contributed by atoms with van der Waals surface area (Å²) in [5, 5.41) is 38.5. The molecule has 3 saturated carbocycles. The highest BCUT2D eigenvalue weighted by molar-refractivity contribution is 6.33. The minimum atomic E-state index is -4.60. The van der Waals surface area contributed by atoms with Crippen LogP contribution in [0.5, 0.6) is 0 Å². The van der Waals surface area contributed by atoms with Gasteiger partial charge in [-0.2, -0.15) is 13.2 Å². The number of ketones is 1. The maximum absolute atomic E-state index is 15.3. The zero-order valence-electron chi connectivity index (χ0n) is 37.4. The number of halogens is 4. The summed E-state index contributed by atoms with van der Waals surface area (Å²) in [7, 11) is 0. The number of allylic oxidation sites excluding steroid dienone is 4. The first-order valence-electron chi connectivity index (χ1n) is 23.3. The summed E-state index contributed by atoms with van der Waals surface area (Å²) in [4.78, 5) is 17.5. The van der Waals surface area contributed by atoms with Gasteiger partial charge in [0.05, 0.1) is 41.6 Å². The molecule has 2 bridgehead atoms. The van der Waals surface area contributed by atoms with Crippen molar-refractivity contribution in [2.75, 3.05) is 19.7 Å². The van der Waals surface area contributed by atoms with Crippen molar-refractivity contribution in [1.82, 2.24) is 4.90 Å². The highest BCUT2D eigenvalue weighted by atomic mass is 35.5. The van der Waals surface area contributed by atoms with Crippen LogP contribution in [0.1, 0.15) is 86.0 Å². The molecule has 7 nitrogen and oxygen atoms in total. The van der Waals surface area contributed by atoms with E-state index in [2.05, 4.69) is 61.2 Å². The van der Waals surface area contributed by atoms with Gasteiger partial charge in [-0.15, -0.1) is 0 Å². The molecule has 11 heteroatoms. The number of ether oxygens (including phenoxy) is 1. The Kier molecular flexibility index (Phi) is 11.4. The van der Waals surface area contributed by atoms with Crippen molar-refractivity contribution in [1.29, 1.82) is 0 Å². The second-order valence-electron chi connectivity index (χ2n) is 20.5. The molecule has 0 radical (unpaired) electrons. The molecule has 6 aliphatic rings. The summed E-state index contributed by atoms with van der Waals surface area (Å²) >= 11 is 6.44. The fraction of sp³-hybridized carbons (Fsp3) is 0.436. The van der Waals surface area contributed by atoms with Gasteiger partial charge in [-0.1, -0.05) is 116 Å². The number of hydrogen-bond acceptors (Lipinski definition) is 7. The lowest BCUT2D eigenvalue weighted by Gasteiger charge is -2.71. The fourth-order valence-electron chi connectivity index (χ4n) is 13.7. The molecule has 66 heavy (non-hydrogen) atoms. The normalized spacial score (nSPS) is 31.7. The first-order chi connectivity index (χ1) is 31.5. The van der Waals surface area contributed by atoms with Gasteiger partial charge in [0.1, 0.15) is 5.76 Å². The van der Waals surface area contributed by atoms with Gasteiger partial charge in [-0.3, -0.25) is 9.69 Å². The van der Waals surface area contributed by atoms with E-state index in [-0.39, 0.29) is 64.8 Å². The van der Waals surface area contributed by atoms with Crippen LogP contribution in [0.25, 0.3) is 22.1 Å². The van der Waals surface area contributed by atoms with Crippen molar-refractivity contribution in [3.63, 3.8) is 0 Å². The number of fused-ring (bicyclic) bond motifs is 2. The average molecular weight is 921 g/mol. The Morgan fingerprint density at radius 2 is 1.62 bits per heavy atom. The summed E-state index contributed by atoms with van der Waals surface area (Å²) in [5.74, 6) is -0.461. The minimum Gasteiger partial charge on any atom is -0.453 e. The maximum Gasteiger partial charge on any atom is 0.416 e. The first kappa shape index (κ1) is 45.2. The third kappa shape index (κ3) is 7.33. The topological polar surface area (TPSA) is 103 Å². The monoisotopic (exact) mass is 919 g/mol. The van der Waals surface area contributed by atoms with Gasteiger partial charge in [-0.25, -0.2) is 0 Å². The molecule has 1 heterocycles. The van der Waals surface area contributed by atoms with Crippen LogP contribution in [0.3, 0.4) is 0 Å². The maximum atomic E-state index is 15.3. The number of aliphatic hydroxyl groups excluding tert-OH is 2. The SMILES string of the molecule is CC12CCC(O)CC13C=CC1(C(C(=O)c4ccc(-c5cc(C(F)(F)F)ccc5Cl)o4)=C3)C2CCC2(C)C1CCC2(O)CN(Cc1cccc2ccccc12)CC(O)COCc1ccccc1. The number of benzene rings is 4. The van der Waals surface area contributed by atoms with E-state index in [9.17, 15) is 28.5 Å². The fourth-order valence-corrected chi connectivity index (χ4v) is 13.9. The molecule has 3 N–H and O–H groups in total. The summed E-state index contributed by atoms with van der Waals surface area (Å²) in [6.45, 7) is 6.02. The molecule has 4 aromatic carbocycles. The van der Waals surface area contributed by atoms with E-state index in [1.807, 2.05) is 48.5 Å². The van der Waals surface area contributed by atoms with Crippen LogP contribution in [-0.2, 0) is 24.1 Å². The predicted molar refractivity (Wildman–Crippen MR) is 248 cm³/mol. The number of furan rings is 1. The Morgan fingerprint density at radius 1 is 0.894 bits per heavy atom. The molecule has 0 saturated heterocycles. The molecule has 2 spiro atoms. The van der Waals surface area contributed by atoms with Crippen molar-refractivity contribution in [3.05, 3.63) is 154 Å². The van der Waals surface area contributed by atoms with Crippen LogP contribution in [0.15, 0.2) is 131 Å². The molecule has 11 rings (SSSR count). The van der Waals surface area contributed by atoms with Gasteiger partial charge < -0.3 is 24.5 Å². The lowest BCUT2D eigenvalue weighted by atomic mass is 9.32. The minimum absolute atomic E-state index is 0.00136. The second kappa shape index (κ2) is 16.6. The smallest absolute Gasteiger partial charge is 0.416 e. The number of Topliss-reactive ketones (excluding diaryl/α,β-unsaturated/α-hetero) is 1. The van der Waals surface area contributed by atoms with Gasteiger partial charge in [0.2, 0.25) is 5.78 Å². The van der Waals surface area contributed by atoms with Crippen LogP contribution in [0, 0.1) is 33.5 Å². The second-order valence-corrected chi connectivity index (χ2v) is 20.9. The number of nitrogens with zero attached hydrogens (tertiary/aromatic N) is 1. The summed E-state index contributed by atoms with van der Waals surface area (Å²) < 4.78 is 53.6. The predicted octanol–water partition coefficient (Wildman–Crippen LogP) is 11.6. The van der Waals surface area contributed by atoms with Crippen LogP contribution < -0.4 is 0 Å². The largest absolute Gasteiger partial charge is 0.453 e. The zero-order chi connectivity index (χ0) is 46.3. The Hall–Kier alpha value is -4.55. The zero-order valence-corrected chi connectivity index (χ0v) is 38.1. The van der Waals surface area contributed by atoms with E-state index >= 15 is 4.79 Å². The van der Waals surface area contributed by atoms with Gasteiger partial charge in [0.15, 0.2) is 5.76 Å². The third-order valence-corrected chi connectivity index (χ3v) is 17.3. The van der Waals surface area contributed by atoms with Crippen molar-refractivity contribution < 1.29 is 42.4 Å². The molecule has 9 unspecified atom stereocenters. The van der Waals surface area contributed by atoms with Gasteiger partial charge in [0.25, 0.3) is 0 Å². The Balaban J connectivity index is 0.998. The van der Waals surface area contributed by atoms with E-state index in [1.165, 1.54) is 18.2 Å². The highest BCUT2D eigenvalue weighted by Crippen LogP contribution is 2.78. The van der Waals surface area contributed by atoms with Gasteiger partial charge in [0, 0.05) is 47.0 Å². The molecular formula is C55H57ClF3NO6. The van der Waals surface area contributed by atoms with E-state index in [0.717, 1.165) is 46.9 Å². The Labute approximate surface area is 388 Å². The lowest BCUT2D eigenvalue weighted by molar-refractivity contribution is -0.177. The third-order valence-electron chi connectivity index (χ3n) is 17.0. The number of hydrogen-bond donors (Lipinski definition) is 3. The van der Waals surface area contributed by atoms with Gasteiger partial charge in [-0.05, 0) is 114 Å². The van der Waals surface area contributed by atoms with E-state index < -0.39 is 45.8 Å². The summed E-state index contributed by atoms with van der Waals surface area (Å²) in [5.41, 5.74) is -1.76. The molecule has 1 aromatic heterocycles. The van der Waals surface area contributed by atoms with Gasteiger partial charge >= 0.3 is 6.18 Å². The molecular weight excluding hydrogens is 863 g/mol. The standard InChI is InChI=1S/C55H57ClF3NO6/c1-50-22-19-39(61)28-52(50)25-26-54(43(29-52)49(63)46-18-17-45(66-46)42-27-38(55(57,58)59)15-16-44(42)56)47(50)20-23-51(2)48(54)21-24-53(51,64)34-60(30-37-13-8-12-36-11-6-7-14-41(36)37)31-40(62)33-65-32-35-9-4-3-5-10-35/h3-18,25-27,29,39-40,47-48,61-62,64H,19-24,28,30-34H2,1-2H3. The average Bonchev–Trinajstić information content (AvgIpc) is 3.88. The highest BCUT2D eigenvalue weighted by Gasteiger charge is 2.74. The summed E-state index contributed by atoms with van der Waals surface area (Å²) in [6, 6.07) is 30.4. The van der Waals surface area contributed by atoms with Crippen LogP contribution in [0.2, 0.25) is 5.02 Å². The van der Waals surface area contributed by atoms with Crippen LogP contribution in [0.4, 0.5) is 13.2 Å². The van der Waals surface area contributed by atoms with Crippen LogP contribution in [-0.4, -0.2) is 63.5 Å². The molecule has 0 aliphatic heterocycles. The Bertz CT molecular complexity index is 2710. The molecule has 9 atom stereocenters. The van der Waals surface area contributed by atoms with Crippen molar-refractivity contribution in [2.24, 2.45) is 33.5 Å². The van der Waals surface area contributed by atoms with Crippen molar-refractivity contribution >= 4 is 28.2 Å². The number of alkyl halides is 3. The molecule has 5 aromatic rings. The molecule has 346 valence electrons. The van der Waals surface area contributed by atoms with Crippen molar-refractivity contribution in [3.8, 4) is 11.3 Å². The van der Waals surface area contributed by atoms with Crippen LogP contribution >= 0.6 is 11.6 Å². The van der Waals surface area contributed by atoms with E-state index in [0.29, 0.717) is 50.8 Å². The van der Waals surface area contributed by atoms with E-state index in [1.54, 1.807) is 0 Å². The first-order valence-corrected chi connectivity index (χ1v) is 23.7. The van der Waals surface area contributed by atoms with E-state index in [4.69, 9.17) is 20.8 Å². The number of rotatable bonds is 13. The number of aliphatic hydroxyl groups is 3. The molecule has 3 fully saturated rings. The lowest BCUT2D eigenvalue weighted by Crippen LogP contribution is -2.67. The van der Waals surface area contributed by atoms with Crippen molar-refractivity contribution in [2.45, 2.75) is 95.9 Å². The Morgan fingerprint density at radius 3 is 2.42 bits per heavy atom.